The normalized spacial score (nSPS) is 10.5. The Morgan fingerprint density at radius 3 is 2.38 bits per heavy atom. The molecule has 0 aliphatic heterocycles. The Hall–Kier alpha value is -3.98. The van der Waals surface area contributed by atoms with Crippen molar-refractivity contribution in [2.75, 3.05) is 16.4 Å². The number of nitrogens with zero attached hydrogens (tertiary/aromatic N) is 4. The molecule has 0 spiro atoms. The van der Waals surface area contributed by atoms with Crippen LogP contribution < -0.4 is 10.6 Å². The van der Waals surface area contributed by atoms with E-state index in [9.17, 15) is 9.59 Å². The van der Waals surface area contributed by atoms with Gasteiger partial charge in [0.1, 0.15) is 0 Å². The zero-order valence-corrected chi connectivity index (χ0v) is 18.0. The van der Waals surface area contributed by atoms with Crippen molar-refractivity contribution in [2.45, 2.75) is 5.16 Å². The fourth-order valence-electron chi connectivity index (χ4n) is 2.99. The molecule has 2 aromatic carbocycles. The lowest BCUT2D eigenvalue weighted by molar-refractivity contribution is -0.113. The summed E-state index contributed by atoms with van der Waals surface area (Å²) in [6.45, 7) is 0. The molecular weight excluding hydrogens is 424 g/mol. The Morgan fingerprint density at radius 1 is 0.906 bits per heavy atom. The molecule has 160 valence electrons. The second kappa shape index (κ2) is 9.88. The molecule has 2 heterocycles. The van der Waals surface area contributed by atoms with Crippen molar-refractivity contribution in [3.8, 4) is 11.4 Å². The van der Waals surface area contributed by atoms with Crippen molar-refractivity contribution in [3.63, 3.8) is 0 Å². The van der Waals surface area contributed by atoms with Crippen molar-refractivity contribution in [1.29, 1.82) is 0 Å². The molecule has 2 amide bonds. The van der Waals surface area contributed by atoms with E-state index in [1.165, 1.54) is 11.8 Å². The molecule has 0 fully saturated rings. The molecule has 0 radical (unpaired) electrons. The van der Waals surface area contributed by atoms with E-state index in [4.69, 9.17) is 0 Å². The van der Waals surface area contributed by atoms with E-state index in [1.54, 1.807) is 60.9 Å². The number of aromatic nitrogens is 4. The molecule has 9 heteroatoms. The third-order valence-electron chi connectivity index (χ3n) is 4.55. The monoisotopic (exact) mass is 444 g/mol. The number of carbonyl (C=O) groups excluding carboxylic acids is 2. The zero-order chi connectivity index (χ0) is 22.3. The van der Waals surface area contributed by atoms with Gasteiger partial charge in [-0.3, -0.25) is 14.6 Å². The fourth-order valence-corrected chi connectivity index (χ4v) is 3.70. The quantitative estimate of drug-likeness (QED) is 0.420. The van der Waals surface area contributed by atoms with E-state index in [-0.39, 0.29) is 17.6 Å². The van der Waals surface area contributed by atoms with Gasteiger partial charge in [0.2, 0.25) is 5.91 Å². The van der Waals surface area contributed by atoms with E-state index in [1.807, 2.05) is 29.8 Å². The predicted molar refractivity (Wildman–Crippen MR) is 124 cm³/mol. The molecule has 0 aliphatic carbocycles. The molecule has 32 heavy (non-hydrogen) atoms. The first-order valence-corrected chi connectivity index (χ1v) is 10.8. The Bertz CT molecular complexity index is 1230. The van der Waals surface area contributed by atoms with Gasteiger partial charge in [-0.25, -0.2) is 0 Å². The van der Waals surface area contributed by atoms with E-state index in [2.05, 4.69) is 25.8 Å². The summed E-state index contributed by atoms with van der Waals surface area (Å²) in [5.74, 6) is 0.479. The maximum atomic E-state index is 12.4. The lowest BCUT2D eigenvalue weighted by Crippen LogP contribution is -2.15. The highest BCUT2D eigenvalue weighted by Crippen LogP contribution is 2.22. The first-order valence-electron chi connectivity index (χ1n) is 9.79. The summed E-state index contributed by atoms with van der Waals surface area (Å²) in [6.07, 6.45) is 3.39. The molecule has 2 aromatic heterocycles. The number of thioether (sulfide) groups is 1. The van der Waals surface area contributed by atoms with E-state index in [0.717, 1.165) is 5.56 Å². The van der Waals surface area contributed by atoms with Gasteiger partial charge in [-0.05, 0) is 42.5 Å². The summed E-state index contributed by atoms with van der Waals surface area (Å²) < 4.78 is 1.84. The van der Waals surface area contributed by atoms with E-state index in [0.29, 0.717) is 27.9 Å². The number of hydrogen-bond donors (Lipinski definition) is 2. The highest BCUT2D eigenvalue weighted by molar-refractivity contribution is 7.99. The lowest BCUT2D eigenvalue weighted by atomic mass is 10.2. The average Bonchev–Trinajstić information content (AvgIpc) is 3.19. The van der Waals surface area contributed by atoms with Gasteiger partial charge < -0.3 is 15.2 Å². The molecule has 4 aromatic rings. The summed E-state index contributed by atoms with van der Waals surface area (Å²) >= 11 is 1.29. The van der Waals surface area contributed by atoms with Crippen LogP contribution in [0, 0.1) is 0 Å². The second-order valence-electron chi connectivity index (χ2n) is 6.84. The summed E-state index contributed by atoms with van der Waals surface area (Å²) in [7, 11) is 1.86. The summed E-state index contributed by atoms with van der Waals surface area (Å²) in [5.41, 5.74) is 2.66. The van der Waals surface area contributed by atoms with Crippen molar-refractivity contribution in [3.05, 3.63) is 84.7 Å². The summed E-state index contributed by atoms with van der Waals surface area (Å²) in [5, 5.41) is 14.7. The summed E-state index contributed by atoms with van der Waals surface area (Å²) in [6, 6.07) is 19.7. The number of hydrogen-bond acceptors (Lipinski definition) is 6. The molecule has 4 rings (SSSR count). The van der Waals surface area contributed by atoms with Crippen LogP contribution in [0.1, 0.15) is 10.4 Å². The Kier molecular flexibility index (Phi) is 6.57. The zero-order valence-electron chi connectivity index (χ0n) is 17.2. The molecule has 8 nitrogen and oxygen atoms in total. The molecule has 0 aliphatic rings. The highest BCUT2D eigenvalue weighted by Gasteiger charge is 2.13. The number of benzene rings is 2. The van der Waals surface area contributed by atoms with Crippen LogP contribution in [0.5, 0.6) is 0 Å². The maximum Gasteiger partial charge on any atom is 0.255 e. The van der Waals surface area contributed by atoms with Gasteiger partial charge in [0.15, 0.2) is 11.0 Å². The van der Waals surface area contributed by atoms with Crippen LogP contribution in [-0.2, 0) is 11.8 Å². The van der Waals surface area contributed by atoms with Crippen LogP contribution in [0.2, 0.25) is 0 Å². The van der Waals surface area contributed by atoms with Crippen molar-refractivity contribution < 1.29 is 9.59 Å². The van der Waals surface area contributed by atoms with Crippen LogP contribution in [-0.4, -0.2) is 37.3 Å². The minimum atomic E-state index is -0.211. The van der Waals surface area contributed by atoms with Gasteiger partial charge >= 0.3 is 0 Å². The largest absolute Gasteiger partial charge is 0.325 e. The standard InChI is InChI=1S/C23H20N6O2S/c1-29-21(16-10-12-24-13-11-16)27-28-23(29)32-15-20(30)25-18-8-5-9-19(14-18)26-22(31)17-6-3-2-4-7-17/h2-14H,15H2,1H3,(H,25,30)(H,26,31). The minimum absolute atomic E-state index is 0.170. The van der Waals surface area contributed by atoms with Gasteiger partial charge in [-0.15, -0.1) is 10.2 Å². The molecule has 0 saturated heterocycles. The number of rotatable bonds is 7. The van der Waals surface area contributed by atoms with Gasteiger partial charge in [0, 0.05) is 41.9 Å². The third-order valence-corrected chi connectivity index (χ3v) is 5.57. The Morgan fingerprint density at radius 2 is 1.62 bits per heavy atom. The molecule has 0 saturated carbocycles. The van der Waals surface area contributed by atoms with Crippen molar-refractivity contribution >= 4 is 35.0 Å². The van der Waals surface area contributed by atoms with E-state index >= 15 is 0 Å². The maximum absolute atomic E-state index is 12.4. The smallest absolute Gasteiger partial charge is 0.255 e. The highest BCUT2D eigenvalue weighted by atomic mass is 32.2. The number of pyridine rings is 1. The molecule has 0 atom stereocenters. The van der Waals surface area contributed by atoms with Gasteiger partial charge in [0.25, 0.3) is 5.91 Å². The predicted octanol–water partition coefficient (Wildman–Crippen LogP) is 3.86. The lowest BCUT2D eigenvalue weighted by Gasteiger charge is -2.09. The van der Waals surface area contributed by atoms with E-state index < -0.39 is 0 Å². The van der Waals surface area contributed by atoms with Crippen molar-refractivity contribution in [2.24, 2.45) is 7.05 Å². The van der Waals surface area contributed by atoms with Crippen LogP contribution in [0.25, 0.3) is 11.4 Å². The summed E-state index contributed by atoms with van der Waals surface area (Å²) in [4.78, 5) is 28.8. The fraction of sp³-hybridized carbons (Fsp3) is 0.0870. The molecule has 0 unspecified atom stereocenters. The van der Waals surface area contributed by atoms with Crippen LogP contribution in [0.4, 0.5) is 11.4 Å². The topological polar surface area (TPSA) is 102 Å². The van der Waals surface area contributed by atoms with Crippen LogP contribution in [0.15, 0.2) is 84.3 Å². The second-order valence-corrected chi connectivity index (χ2v) is 7.78. The first kappa shape index (κ1) is 21.3. The third kappa shape index (κ3) is 5.19. The number of nitrogens with one attached hydrogen (secondary N) is 2. The van der Waals surface area contributed by atoms with Gasteiger partial charge in [-0.2, -0.15) is 0 Å². The van der Waals surface area contributed by atoms with Gasteiger partial charge in [-0.1, -0.05) is 36.0 Å². The SMILES string of the molecule is Cn1c(SCC(=O)Nc2cccc(NC(=O)c3ccccc3)c2)nnc1-c1ccncc1. The number of carbonyl (C=O) groups is 2. The van der Waals surface area contributed by atoms with Crippen LogP contribution in [0.3, 0.4) is 0 Å². The Labute approximate surface area is 189 Å². The molecule has 2 N–H and O–H groups in total. The minimum Gasteiger partial charge on any atom is -0.325 e. The molecular formula is C23H20N6O2S. The molecule has 0 bridgehead atoms. The van der Waals surface area contributed by atoms with Gasteiger partial charge in [0.05, 0.1) is 5.75 Å². The Balaban J connectivity index is 1.34. The number of amides is 2. The van der Waals surface area contributed by atoms with Crippen LogP contribution >= 0.6 is 11.8 Å². The number of anilines is 2. The average molecular weight is 445 g/mol. The first-order chi connectivity index (χ1) is 15.6. The van der Waals surface area contributed by atoms with Crippen molar-refractivity contribution in [1.82, 2.24) is 19.7 Å².